The zero-order valence-electron chi connectivity index (χ0n) is 35.7. The van der Waals surface area contributed by atoms with Gasteiger partial charge in [0.15, 0.2) is 6.23 Å². The number of H-pyrrole nitrogens is 2. The van der Waals surface area contributed by atoms with Gasteiger partial charge in [-0.15, -0.1) is 0 Å². The minimum atomic E-state index is -1.31. The number of amides is 3. The zero-order valence-corrected chi connectivity index (χ0v) is 35.7. The van der Waals surface area contributed by atoms with Crippen molar-refractivity contribution in [2.24, 2.45) is 11.8 Å². The number of nitrogens with zero attached hydrogens (tertiary/aromatic N) is 5. The summed E-state index contributed by atoms with van der Waals surface area (Å²) in [6.45, 7) is 9.27. The fourth-order valence-electron chi connectivity index (χ4n) is 9.02. The zero-order chi connectivity index (χ0) is 44.1. The van der Waals surface area contributed by atoms with Crippen molar-refractivity contribution in [1.82, 2.24) is 44.9 Å². The molecule has 62 heavy (non-hydrogen) atoms. The van der Waals surface area contributed by atoms with Gasteiger partial charge in [-0.05, 0) is 49.1 Å². The minimum absolute atomic E-state index is 0.000825. The number of rotatable bonds is 12. The number of ether oxygens (including phenoxy) is 3. The van der Waals surface area contributed by atoms with Crippen LogP contribution in [-0.2, 0) is 19.1 Å². The Morgan fingerprint density at radius 2 is 1.45 bits per heavy atom. The van der Waals surface area contributed by atoms with Crippen molar-refractivity contribution < 1.29 is 41.8 Å². The highest BCUT2D eigenvalue weighted by Gasteiger charge is 2.43. The van der Waals surface area contributed by atoms with Gasteiger partial charge in [0.05, 0.1) is 85.6 Å². The van der Waals surface area contributed by atoms with Gasteiger partial charge in [0.25, 0.3) is 0 Å². The Hall–Kier alpha value is -5.88. The maximum Gasteiger partial charge on any atom is 0.407 e. The molecule has 2 saturated heterocycles. The molecule has 0 saturated carbocycles. The molecule has 3 amide bonds. The van der Waals surface area contributed by atoms with Crippen LogP contribution in [-0.4, -0.2) is 111 Å². The Bertz CT molecular complexity index is 2480. The second kappa shape index (κ2) is 17.1. The lowest BCUT2D eigenvalue weighted by Gasteiger charge is -2.30. The van der Waals surface area contributed by atoms with Crippen LogP contribution in [0.15, 0.2) is 48.8 Å². The number of hydrogen-bond acceptors (Lipinski definition) is 9. The predicted octanol–water partition coefficient (Wildman–Crippen LogP) is 6.96. The van der Waals surface area contributed by atoms with Crippen molar-refractivity contribution in [3.8, 4) is 39.5 Å². The molecule has 8 rings (SSSR count). The molecule has 4 N–H and O–H groups in total. The van der Waals surface area contributed by atoms with E-state index in [9.17, 15) is 23.2 Å². The molecule has 18 heteroatoms. The van der Waals surface area contributed by atoms with E-state index in [-0.39, 0.29) is 56.0 Å². The summed E-state index contributed by atoms with van der Waals surface area (Å²) >= 11 is 0. The van der Waals surface area contributed by atoms with Gasteiger partial charge in [-0.3, -0.25) is 14.9 Å². The number of alkyl carbamates (subject to hydrolysis) is 1. The normalized spacial score (nSPS) is 21.9. The number of aromatic nitrogens is 5. The van der Waals surface area contributed by atoms with Gasteiger partial charge in [0.1, 0.15) is 41.6 Å². The van der Waals surface area contributed by atoms with Crippen LogP contribution < -0.4 is 15.4 Å². The first-order chi connectivity index (χ1) is 29.7. The van der Waals surface area contributed by atoms with E-state index < -0.39 is 60.6 Å². The molecule has 6 heterocycles. The van der Waals surface area contributed by atoms with E-state index in [1.165, 1.54) is 31.4 Å². The van der Waals surface area contributed by atoms with Crippen molar-refractivity contribution in [2.75, 3.05) is 34.0 Å². The second-order valence-electron chi connectivity index (χ2n) is 17.0. The topological polar surface area (TPSA) is 172 Å². The number of fused-ring (bicyclic) bond motifs is 5. The first kappa shape index (κ1) is 42.8. The van der Waals surface area contributed by atoms with E-state index in [1.807, 2.05) is 49.6 Å². The summed E-state index contributed by atoms with van der Waals surface area (Å²) in [5.74, 6) is -0.397. The lowest BCUT2D eigenvalue weighted by molar-refractivity contribution is -0.136. The molecule has 3 aliphatic rings. The predicted molar refractivity (Wildman–Crippen MR) is 224 cm³/mol. The SMILES string of the molecule is COCNC(C(=O)N1CC(F)CC1c1ncc(-c2ccc3c(c2)cc2n3C(C)Oc3cc(-c4cnc(C5CC(F)CN5C(=O)C(NC(=O)OC)C(C)C)[nH]4)cc(F)c3-2)[nH]1)C(C)C. The van der Waals surface area contributed by atoms with Crippen LogP contribution in [0, 0.1) is 17.7 Å². The number of likely N-dealkylation sites (tertiary alicyclic amines) is 2. The van der Waals surface area contributed by atoms with E-state index >= 15 is 4.39 Å². The molecule has 2 aromatic carbocycles. The van der Waals surface area contributed by atoms with Crippen LogP contribution in [0.3, 0.4) is 0 Å². The average molecular weight is 860 g/mol. The number of carbonyl (C=O) groups is 3. The van der Waals surface area contributed by atoms with Gasteiger partial charge >= 0.3 is 6.09 Å². The maximum atomic E-state index is 16.4. The summed E-state index contributed by atoms with van der Waals surface area (Å²) in [6.07, 6.45) is -0.451. The maximum absolute atomic E-state index is 16.4. The van der Waals surface area contributed by atoms with Crippen LogP contribution >= 0.6 is 0 Å². The fraction of sp³-hybridized carbons (Fsp3) is 0.477. The van der Waals surface area contributed by atoms with Crippen LogP contribution in [0.5, 0.6) is 5.75 Å². The minimum Gasteiger partial charge on any atom is -0.470 e. The molecule has 330 valence electrons. The highest BCUT2D eigenvalue weighted by molar-refractivity contribution is 5.92. The number of hydrogen-bond donors (Lipinski definition) is 4. The molecule has 15 nitrogen and oxygen atoms in total. The monoisotopic (exact) mass is 859 g/mol. The van der Waals surface area contributed by atoms with Gasteiger partial charge in [-0.2, -0.15) is 0 Å². The highest BCUT2D eigenvalue weighted by atomic mass is 19.1. The lowest BCUT2D eigenvalue weighted by Crippen LogP contribution is -2.51. The Kier molecular flexibility index (Phi) is 11.8. The molecular formula is C44H52F3N9O6. The first-order valence-electron chi connectivity index (χ1n) is 20.9. The Morgan fingerprint density at radius 3 is 2.03 bits per heavy atom. The quantitative estimate of drug-likeness (QED) is 0.0969. The molecule has 7 atom stereocenters. The number of alkyl halides is 2. The van der Waals surface area contributed by atoms with E-state index in [4.69, 9.17) is 14.2 Å². The summed E-state index contributed by atoms with van der Waals surface area (Å²) in [5, 5.41) is 6.50. The number of aromatic amines is 2. The molecular weight excluding hydrogens is 808 g/mol. The van der Waals surface area contributed by atoms with Crippen LogP contribution in [0.2, 0.25) is 0 Å². The average Bonchev–Trinajstić information content (AvgIpc) is 4.08. The van der Waals surface area contributed by atoms with E-state index in [2.05, 4.69) is 30.6 Å². The molecule has 2 fully saturated rings. The standard InChI is InChI=1S/C44H52F3N9O6/c1-21(2)38(50-20-60-6)42(57)54-18-27(45)14-34(54)40-48-16-30(51-40)24-8-9-32-26(10-24)12-33-37-29(47)11-25(13-36(37)62-23(5)56(32)33)31-17-49-41(52-31)35-15-28(46)19-55(35)43(58)39(22(3)4)53-44(59)61-7/h8-13,16-17,21-23,27-28,34-35,38-39,50H,14-15,18-20H2,1-7H3,(H,48,51)(H,49,52)(H,53,59). The van der Waals surface area contributed by atoms with Crippen molar-refractivity contribution in [2.45, 2.75) is 90.2 Å². The number of carbonyl (C=O) groups excluding carboxylic acids is 3. The van der Waals surface area contributed by atoms with Crippen molar-refractivity contribution in [3.05, 3.63) is 66.3 Å². The largest absolute Gasteiger partial charge is 0.470 e. The summed E-state index contributed by atoms with van der Waals surface area (Å²) in [4.78, 5) is 57.9. The molecule has 0 aliphatic carbocycles. The lowest BCUT2D eigenvalue weighted by atomic mass is 10.0. The van der Waals surface area contributed by atoms with Gasteiger partial charge in [0, 0.05) is 36.5 Å². The van der Waals surface area contributed by atoms with Gasteiger partial charge < -0.3 is 43.9 Å². The fourth-order valence-corrected chi connectivity index (χ4v) is 9.02. The number of nitrogens with one attached hydrogen (secondary N) is 4. The molecule has 7 unspecified atom stereocenters. The Labute approximate surface area is 356 Å². The number of halogens is 3. The summed E-state index contributed by atoms with van der Waals surface area (Å²) in [7, 11) is 2.74. The smallest absolute Gasteiger partial charge is 0.407 e. The van der Waals surface area contributed by atoms with Gasteiger partial charge in [-0.1, -0.05) is 33.8 Å². The van der Waals surface area contributed by atoms with Crippen molar-refractivity contribution in [3.63, 3.8) is 0 Å². The molecule has 5 aromatic rings. The van der Waals surface area contributed by atoms with Crippen LogP contribution in [0.1, 0.15) is 77.4 Å². The van der Waals surface area contributed by atoms with E-state index in [0.29, 0.717) is 40.0 Å². The number of imidazole rings is 2. The van der Waals surface area contributed by atoms with Crippen molar-refractivity contribution >= 4 is 28.8 Å². The first-order valence-corrected chi connectivity index (χ1v) is 20.9. The molecule has 0 bridgehead atoms. The highest BCUT2D eigenvalue weighted by Crippen LogP contribution is 2.46. The molecule has 0 spiro atoms. The number of methoxy groups -OCH3 is 2. The van der Waals surface area contributed by atoms with Gasteiger partial charge in [0.2, 0.25) is 11.8 Å². The number of benzene rings is 2. The third kappa shape index (κ3) is 7.89. The summed E-state index contributed by atoms with van der Waals surface area (Å²) < 4.78 is 64.3. The summed E-state index contributed by atoms with van der Waals surface area (Å²) in [5.41, 5.74) is 4.10. The molecule has 3 aromatic heterocycles. The van der Waals surface area contributed by atoms with Crippen LogP contribution in [0.4, 0.5) is 18.0 Å². The summed E-state index contributed by atoms with van der Waals surface area (Å²) in [6, 6.07) is 8.05. The van der Waals surface area contributed by atoms with Gasteiger partial charge in [-0.25, -0.2) is 27.9 Å². The van der Waals surface area contributed by atoms with Crippen LogP contribution in [0.25, 0.3) is 44.7 Å². The second-order valence-corrected chi connectivity index (χ2v) is 17.0. The molecule has 3 aliphatic heterocycles. The van der Waals surface area contributed by atoms with E-state index in [0.717, 1.165) is 16.5 Å². The molecule has 0 radical (unpaired) electrons. The third-order valence-electron chi connectivity index (χ3n) is 12.1. The third-order valence-corrected chi connectivity index (χ3v) is 12.1. The van der Waals surface area contributed by atoms with Crippen molar-refractivity contribution in [1.29, 1.82) is 0 Å². The Balaban J connectivity index is 1.04. The Morgan fingerprint density at radius 1 is 0.855 bits per heavy atom. The van der Waals surface area contributed by atoms with E-state index in [1.54, 1.807) is 31.0 Å².